The van der Waals surface area contributed by atoms with Gasteiger partial charge in [-0.15, -0.1) is 0 Å². The van der Waals surface area contributed by atoms with Crippen LogP contribution in [0.25, 0.3) is 10.8 Å². The summed E-state index contributed by atoms with van der Waals surface area (Å²) in [6.45, 7) is 2.24. The number of nitrogens with zero attached hydrogens (tertiary/aromatic N) is 1. The monoisotopic (exact) mass is 306 g/mol. The Hall–Kier alpha value is -2.88. The number of hydrogen-bond donors (Lipinski definition) is 1. The molecule has 1 N–H and O–H groups in total. The van der Waals surface area contributed by atoms with E-state index < -0.39 is 0 Å². The Morgan fingerprint density at radius 1 is 1.04 bits per heavy atom. The van der Waals surface area contributed by atoms with Crippen LogP contribution in [0.3, 0.4) is 0 Å². The van der Waals surface area contributed by atoms with Gasteiger partial charge in [0, 0.05) is 19.3 Å². The molecule has 3 aromatic rings. The lowest BCUT2D eigenvalue weighted by Crippen LogP contribution is -2.31. The zero-order valence-electron chi connectivity index (χ0n) is 13.2. The molecular weight excluding hydrogens is 288 g/mol. The molecule has 0 aliphatic carbocycles. The van der Waals surface area contributed by atoms with Crippen LogP contribution < -0.4 is 5.56 Å². The molecule has 4 heteroatoms. The quantitative estimate of drug-likeness (QED) is 0.808. The van der Waals surface area contributed by atoms with Gasteiger partial charge in [0.15, 0.2) is 0 Å². The first-order valence-corrected chi connectivity index (χ1v) is 7.47. The molecule has 0 aliphatic rings. The molecule has 0 aliphatic heterocycles. The van der Waals surface area contributed by atoms with Gasteiger partial charge in [-0.2, -0.15) is 0 Å². The van der Waals surface area contributed by atoms with Crippen LogP contribution in [0.2, 0.25) is 0 Å². The molecule has 2 aromatic carbocycles. The summed E-state index contributed by atoms with van der Waals surface area (Å²) in [5, 5.41) is 2.30. The van der Waals surface area contributed by atoms with Gasteiger partial charge in [-0.25, -0.2) is 0 Å². The summed E-state index contributed by atoms with van der Waals surface area (Å²) in [6, 6.07) is 17.5. The van der Waals surface area contributed by atoms with Crippen LogP contribution >= 0.6 is 0 Å². The predicted molar refractivity (Wildman–Crippen MR) is 91.5 cm³/mol. The molecule has 1 heterocycles. The van der Waals surface area contributed by atoms with Crippen LogP contribution in [0.1, 0.15) is 21.6 Å². The summed E-state index contributed by atoms with van der Waals surface area (Å²) in [5.74, 6) is -0.278. The average Bonchev–Trinajstić information content (AvgIpc) is 2.54. The second-order valence-electron chi connectivity index (χ2n) is 5.73. The fourth-order valence-corrected chi connectivity index (χ4v) is 2.63. The molecule has 0 fully saturated rings. The van der Waals surface area contributed by atoms with Crippen LogP contribution in [0, 0.1) is 6.92 Å². The zero-order chi connectivity index (χ0) is 16.4. The fraction of sp³-hybridized carbons (Fsp3) is 0.158. The van der Waals surface area contributed by atoms with Gasteiger partial charge < -0.3 is 9.88 Å². The molecule has 0 bridgehead atoms. The lowest BCUT2D eigenvalue weighted by Gasteiger charge is -2.17. The van der Waals surface area contributed by atoms with E-state index in [1.807, 2.05) is 30.3 Å². The second-order valence-corrected chi connectivity index (χ2v) is 5.73. The van der Waals surface area contributed by atoms with Crippen LogP contribution in [0.4, 0.5) is 0 Å². The van der Waals surface area contributed by atoms with Crippen molar-refractivity contribution in [2.45, 2.75) is 13.5 Å². The molecule has 1 aromatic heterocycles. The number of pyridine rings is 1. The largest absolute Gasteiger partial charge is 0.337 e. The third kappa shape index (κ3) is 3.16. The van der Waals surface area contributed by atoms with Gasteiger partial charge in [0.1, 0.15) is 5.56 Å². The van der Waals surface area contributed by atoms with Gasteiger partial charge in [-0.3, -0.25) is 9.59 Å². The Labute approximate surface area is 134 Å². The number of carbonyl (C=O) groups excluding carboxylic acids is 1. The Morgan fingerprint density at radius 2 is 1.78 bits per heavy atom. The Balaban J connectivity index is 1.83. The normalized spacial score (nSPS) is 10.7. The Morgan fingerprint density at radius 3 is 2.52 bits per heavy atom. The zero-order valence-corrected chi connectivity index (χ0v) is 13.2. The number of H-pyrrole nitrogens is 1. The average molecular weight is 306 g/mol. The van der Waals surface area contributed by atoms with E-state index in [2.05, 4.69) is 17.1 Å². The molecule has 0 unspecified atom stereocenters. The maximum atomic E-state index is 12.5. The van der Waals surface area contributed by atoms with E-state index in [-0.39, 0.29) is 17.0 Å². The lowest BCUT2D eigenvalue weighted by molar-refractivity contribution is 0.0783. The third-order valence-corrected chi connectivity index (χ3v) is 3.87. The highest BCUT2D eigenvalue weighted by atomic mass is 16.2. The Kier molecular flexibility index (Phi) is 3.98. The number of hydrogen-bond acceptors (Lipinski definition) is 2. The van der Waals surface area contributed by atoms with E-state index >= 15 is 0 Å². The fourth-order valence-electron chi connectivity index (χ4n) is 2.63. The number of amides is 1. The topological polar surface area (TPSA) is 53.2 Å². The van der Waals surface area contributed by atoms with Crippen molar-refractivity contribution in [1.82, 2.24) is 9.88 Å². The standard InChI is InChI=1S/C19H18N2O2/c1-13-7-10-17(18(22)20-13)19(23)21(2)12-14-8-9-15-5-3-4-6-16(15)11-14/h3-11H,12H2,1-2H3,(H,20,22). The number of nitrogens with one attached hydrogen (secondary N) is 1. The number of aromatic amines is 1. The van der Waals surface area contributed by atoms with E-state index in [0.29, 0.717) is 6.54 Å². The van der Waals surface area contributed by atoms with Gasteiger partial charge in [-0.05, 0) is 41.5 Å². The maximum Gasteiger partial charge on any atom is 0.260 e. The lowest BCUT2D eigenvalue weighted by atomic mass is 10.1. The molecule has 0 radical (unpaired) electrons. The molecule has 0 spiro atoms. The van der Waals surface area contributed by atoms with Crippen molar-refractivity contribution >= 4 is 16.7 Å². The van der Waals surface area contributed by atoms with E-state index in [1.165, 1.54) is 5.39 Å². The van der Waals surface area contributed by atoms with Crippen molar-refractivity contribution in [2.24, 2.45) is 0 Å². The Bertz CT molecular complexity index is 928. The van der Waals surface area contributed by atoms with Crippen LogP contribution in [-0.4, -0.2) is 22.8 Å². The first kappa shape index (κ1) is 15.0. The highest BCUT2D eigenvalue weighted by Gasteiger charge is 2.15. The molecule has 0 saturated heterocycles. The predicted octanol–water partition coefficient (Wildman–Crippen LogP) is 3.11. The minimum atomic E-state index is -0.347. The smallest absolute Gasteiger partial charge is 0.260 e. The van der Waals surface area contributed by atoms with Crippen molar-refractivity contribution < 1.29 is 4.79 Å². The van der Waals surface area contributed by atoms with Gasteiger partial charge in [0.25, 0.3) is 11.5 Å². The van der Waals surface area contributed by atoms with Crippen molar-refractivity contribution in [2.75, 3.05) is 7.05 Å². The molecule has 4 nitrogen and oxygen atoms in total. The van der Waals surface area contributed by atoms with E-state index in [9.17, 15) is 9.59 Å². The maximum absolute atomic E-state index is 12.5. The highest BCUT2D eigenvalue weighted by molar-refractivity contribution is 5.93. The first-order chi connectivity index (χ1) is 11.0. The van der Waals surface area contributed by atoms with E-state index in [1.54, 1.807) is 31.0 Å². The summed E-state index contributed by atoms with van der Waals surface area (Å²) in [6.07, 6.45) is 0. The minimum absolute atomic E-state index is 0.166. The van der Waals surface area contributed by atoms with Crippen LogP contribution in [-0.2, 0) is 6.54 Å². The molecule has 0 atom stereocenters. The van der Waals surface area contributed by atoms with Gasteiger partial charge >= 0.3 is 0 Å². The number of rotatable bonds is 3. The number of carbonyl (C=O) groups is 1. The summed E-state index contributed by atoms with van der Waals surface area (Å²) in [5.41, 5.74) is 1.59. The van der Waals surface area contributed by atoms with Crippen molar-refractivity contribution in [1.29, 1.82) is 0 Å². The number of aryl methyl sites for hydroxylation is 1. The van der Waals surface area contributed by atoms with Gasteiger partial charge in [-0.1, -0.05) is 36.4 Å². The molecule has 1 amide bonds. The molecule has 23 heavy (non-hydrogen) atoms. The molecule has 3 rings (SSSR count). The summed E-state index contributed by atoms with van der Waals surface area (Å²) < 4.78 is 0. The summed E-state index contributed by atoms with van der Waals surface area (Å²) >= 11 is 0. The second kappa shape index (κ2) is 6.08. The van der Waals surface area contributed by atoms with E-state index in [4.69, 9.17) is 0 Å². The van der Waals surface area contributed by atoms with Crippen LogP contribution in [0.5, 0.6) is 0 Å². The number of fused-ring (bicyclic) bond motifs is 1. The van der Waals surface area contributed by atoms with Crippen molar-refractivity contribution in [3.63, 3.8) is 0 Å². The van der Waals surface area contributed by atoms with Gasteiger partial charge in [0.2, 0.25) is 0 Å². The third-order valence-electron chi connectivity index (χ3n) is 3.87. The van der Waals surface area contributed by atoms with Crippen LogP contribution in [0.15, 0.2) is 59.4 Å². The van der Waals surface area contributed by atoms with Crippen molar-refractivity contribution in [3.8, 4) is 0 Å². The summed E-state index contributed by atoms with van der Waals surface area (Å²) in [7, 11) is 1.71. The number of aromatic nitrogens is 1. The molecular formula is C19H18N2O2. The van der Waals surface area contributed by atoms with E-state index in [0.717, 1.165) is 16.6 Å². The highest BCUT2D eigenvalue weighted by Crippen LogP contribution is 2.17. The van der Waals surface area contributed by atoms with Crippen molar-refractivity contribution in [3.05, 3.63) is 81.8 Å². The first-order valence-electron chi connectivity index (χ1n) is 7.47. The number of benzene rings is 2. The molecule has 0 saturated carbocycles. The SMILES string of the molecule is Cc1ccc(C(=O)N(C)Cc2ccc3ccccc3c2)c(=O)[nH]1. The minimum Gasteiger partial charge on any atom is -0.337 e. The molecule has 116 valence electrons. The van der Waals surface area contributed by atoms with Gasteiger partial charge in [0.05, 0.1) is 0 Å². The summed E-state index contributed by atoms with van der Waals surface area (Å²) in [4.78, 5) is 28.6.